The largest absolute Gasteiger partial charge is 0.450 e. The Morgan fingerprint density at radius 3 is 2.39 bits per heavy atom. The number of nitrogens with zero attached hydrogens (tertiary/aromatic N) is 4. The first-order chi connectivity index (χ1) is 11.2. The van der Waals surface area contributed by atoms with Crippen LogP contribution in [0.2, 0.25) is 0 Å². The third-order valence-corrected chi connectivity index (χ3v) is 3.89. The van der Waals surface area contributed by atoms with Crippen molar-refractivity contribution in [3.05, 3.63) is 36.2 Å². The number of hydrogen-bond acceptors (Lipinski definition) is 5. The average molecular weight is 314 g/mol. The van der Waals surface area contributed by atoms with E-state index in [4.69, 9.17) is 4.74 Å². The van der Waals surface area contributed by atoms with Crippen LogP contribution in [0.25, 0.3) is 10.8 Å². The third kappa shape index (κ3) is 3.23. The first-order valence-electron chi connectivity index (χ1n) is 7.60. The van der Waals surface area contributed by atoms with E-state index >= 15 is 0 Å². The monoisotopic (exact) mass is 314 g/mol. The van der Waals surface area contributed by atoms with Crippen molar-refractivity contribution in [2.45, 2.75) is 6.92 Å². The molecule has 7 nitrogen and oxygen atoms in total. The molecule has 120 valence electrons. The van der Waals surface area contributed by atoms with Gasteiger partial charge in [-0.25, -0.2) is 4.79 Å². The van der Waals surface area contributed by atoms with Crippen LogP contribution in [-0.4, -0.2) is 64.8 Å². The quantitative estimate of drug-likeness (QED) is 0.840. The zero-order valence-corrected chi connectivity index (χ0v) is 12.9. The van der Waals surface area contributed by atoms with Crippen molar-refractivity contribution in [2.75, 3.05) is 32.8 Å². The van der Waals surface area contributed by atoms with Gasteiger partial charge >= 0.3 is 6.09 Å². The van der Waals surface area contributed by atoms with E-state index in [1.165, 1.54) is 0 Å². The molecule has 1 aliphatic rings. The van der Waals surface area contributed by atoms with Crippen LogP contribution in [0.5, 0.6) is 0 Å². The molecule has 1 aromatic heterocycles. The number of piperazine rings is 1. The lowest BCUT2D eigenvalue weighted by Gasteiger charge is -2.34. The summed E-state index contributed by atoms with van der Waals surface area (Å²) in [7, 11) is 0. The average Bonchev–Trinajstić information content (AvgIpc) is 2.61. The van der Waals surface area contributed by atoms with Crippen molar-refractivity contribution in [3.8, 4) is 0 Å². The second kappa shape index (κ2) is 6.60. The maximum Gasteiger partial charge on any atom is 0.409 e. The second-order valence-corrected chi connectivity index (χ2v) is 5.31. The van der Waals surface area contributed by atoms with Gasteiger partial charge in [0.15, 0.2) is 0 Å². The van der Waals surface area contributed by atoms with Gasteiger partial charge < -0.3 is 14.5 Å². The molecule has 7 heteroatoms. The maximum absolute atomic E-state index is 12.6. The number of carbonyl (C=O) groups excluding carboxylic acids is 2. The first-order valence-corrected chi connectivity index (χ1v) is 7.60. The van der Waals surface area contributed by atoms with Crippen molar-refractivity contribution in [3.63, 3.8) is 0 Å². The molecule has 23 heavy (non-hydrogen) atoms. The Labute approximate surface area is 133 Å². The van der Waals surface area contributed by atoms with Gasteiger partial charge in [-0.3, -0.25) is 4.79 Å². The van der Waals surface area contributed by atoms with Crippen LogP contribution >= 0.6 is 0 Å². The molecule has 2 amide bonds. The number of rotatable bonds is 2. The van der Waals surface area contributed by atoms with Crippen molar-refractivity contribution < 1.29 is 14.3 Å². The Hall–Kier alpha value is -2.70. The van der Waals surface area contributed by atoms with Gasteiger partial charge in [0.2, 0.25) is 0 Å². The fraction of sp³-hybridized carbons (Fsp3) is 0.375. The summed E-state index contributed by atoms with van der Waals surface area (Å²) in [5, 5.41) is 9.50. The molecule has 1 saturated heterocycles. The fourth-order valence-corrected chi connectivity index (χ4v) is 2.62. The Bertz CT molecular complexity index is 726. The van der Waals surface area contributed by atoms with Crippen molar-refractivity contribution in [2.24, 2.45) is 0 Å². The van der Waals surface area contributed by atoms with Gasteiger partial charge in [0, 0.05) is 42.5 Å². The van der Waals surface area contributed by atoms with E-state index in [9.17, 15) is 9.59 Å². The van der Waals surface area contributed by atoms with Crippen molar-refractivity contribution in [1.82, 2.24) is 20.0 Å². The summed E-state index contributed by atoms with van der Waals surface area (Å²) in [6.45, 7) is 4.13. The summed E-state index contributed by atoms with van der Waals surface area (Å²) in [5.41, 5.74) is 0.620. The molecule has 0 bridgehead atoms. The van der Waals surface area contributed by atoms with Crippen LogP contribution in [0.4, 0.5) is 4.79 Å². The molecular weight excluding hydrogens is 296 g/mol. The molecule has 0 N–H and O–H groups in total. The van der Waals surface area contributed by atoms with Crippen molar-refractivity contribution >= 4 is 22.8 Å². The standard InChI is InChI=1S/C16H18N4O3/c1-2-23-16(22)20-7-5-19(6-8-20)15(21)12-3-4-13-10-17-18-11-14(13)9-12/h3-4,9-11H,2,5-8H2,1H3. The Balaban J connectivity index is 1.67. The van der Waals surface area contributed by atoms with Crippen LogP contribution in [0.1, 0.15) is 17.3 Å². The molecule has 1 fully saturated rings. The number of amides is 2. The molecule has 1 aliphatic heterocycles. The number of fused-ring (bicyclic) bond motifs is 1. The first kappa shape index (κ1) is 15.2. The molecule has 0 spiro atoms. The lowest BCUT2D eigenvalue weighted by atomic mass is 10.1. The highest BCUT2D eigenvalue weighted by Crippen LogP contribution is 2.16. The molecule has 0 saturated carbocycles. The molecule has 0 radical (unpaired) electrons. The molecular formula is C16H18N4O3. The summed E-state index contributed by atoms with van der Waals surface area (Å²) >= 11 is 0. The number of hydrogen-bond donors (Lipinski definition) is 0. The summed E-state index contributed by atoms with van der Waals surface area (Å²) in [5.74, 6) is -0.0350. The van der Waals surface area contributed by atoms with Crippen LogP contribution in [0.15, 0.2) is 30.6 Å². The third-order valence-electron chi connectivity index (χ3n) is 3.89. The van der Waals surface area contributed by atoms with Gasteiger partial charge in [0.05, 0.1) is 19.0 Å². The van der Waals surface area contributed by atoms with E-state index in [2.05, 4.69) is 10.2 Å². The van der Waals surface area contributed by atoms with E-state index in [0.29, 0.717) is 38.3 Å². The number of aromatic nitrogens is 2. The minimum absolute atomic E-state index is 0.0350. The zero-order chi connectivity index (χ0) is 16.2. The van der Waals surface area contributed by atoms with Gasteiger partial charge in [0.25, 0.3) is 5.91 Å². The smallest absolute Gasteiger partial charge is 0.409 e. The lowest BCUT2D eigenvalue weighted by Crippen LogP contribution is -2.50. The Kier molecular flexibility index (Phi) is 4.36. The Morgan fingerprint density at radius 1 is 1.04 bits per heavy atom. The normalized spacial score (nSPS) is 14.8. The SMILES string of the molecule is CCOC(=O)N1CCN(C(=O)c2ccc3cnncc3c2)CC1. The number of benzene rings is 1. The second-order valence-electron chi connectivity index (χ2n) is 5.31. The molecule has 0 aliphatic carbocycles. The van der Waals surface area contributed by atoms with Gasteiger partial charge in [0.1, 0.15) is 0 Å². The van der Waals surface area contributed by atoms with Gasteiger partial charge in [-0.05, 0) is 19.1 Å². The van der Waals surface area contributed by atoms with E-state index < -0.39 is 0 Å². The number of carbonyl (C=O) groups is 2. The molecule has 2 aromatic rings. The van der Waals surface area contributed by atoms with E-state index in [1.54, 1.807) is 35.2 Å². The zero-order valence-electron chi connectivity index (χ0n) is 12.9. The van der Waals surface area contributed by atoms with Gasteiger partial charge in [-0.1, -0.05) is 6.07 Å². The highest BCUT2D eigenvalue weighted by molar-refractivity contribution is 5.98. The fourth-order valence-electron chi connectivity index (χ4n) is 2.62. The van der Waals surface area contributed by atoms with Crippen LogP contribution in [0, 0.1) is 0 Å². The predicted octanol–water partition coefficient (Wildman–Crippen LogP) is 1.54. The van der Waals surface area contributed by atoms with E-state index in [-0.39, 0.29) is 12.0 Å². The lowest BCUT2D eigenvalue weighted by molar-refractivity contribution is 0.0570. The maximum atomic E-state index is 12.6. The van der Waals surface area contributed by atoms with Crippen molar-refractivity contribution in [1.29, 1.82) is 0 Å². The topological polar surface area (TPSA) is 75.6 Å². The predicted molar refractivity (Wildman–Crippen MR) is 84.0 cm³/mol. The van der Waals surface area contributed by atoms with Gasteiger partial charge in [-0.15, -0.1) is 0 Å². The van der Waals surface area contributed by atoms with Crippen LogP contribution in [0.3, 0.4) is 0 Å². The minimum atomic E-state index is -0.316. The summed E-state index contributed by atoms with van der Waals surface area (Å²) in [6.07, 6.45) is 3.00. The van der Waals surface area contributed by atoms with E-state index in [0.717, 1.165) is 10.8 Å². The minimum Gasteiger partial charge on any atom is -0.450 e. The molecule has 0 atom stereocenters. The molecule has 3 rings (SSSR count). The Morgan fingerprint density at radius 2 is 1.70 bits per heavy atom. The van der Waals surface area contributed by atoms with Gasteiger partial charge in [-0.2, -0.15) is 10.2 Å². The highest BCUT2D eigenvalue weighted by Gasteiger charge is 2.25. The van der Waals surface area contributed by atoms with Crippen LogP contribution in [-0.2, 0) is 4.74 Å². The highest BCUT2D eigenvalue weighted by atomic mass is 16.6. The van der Waals surface area contributed by atoms with E-state index in [1.807, 2.05) is 12.1 Å². The molecule has 2 heterocycles. The number of ether oxygens (including phenoxy) is 1. The molecule has 1 aromatic carbocycles. The van der Waals surface area contributed by atoms with Crippen LogP contribution < -0.4 is 0 Å². The molecule has 0 unspecified atom stereocenters. The summed E-state index contributed by atoms with van der Waals surface area (Å²) in [6, 6.07) is 5.49. The summed E-state index contributed by atoms with van der Waals surface area (Å²) in [4.78, 5) is 27.7. The summed E-state index contributed by atoms with van der Waals surface area (Å²) < 4.78 is 4.98.